The second-order valence-electron chi connectivity index (χ2n) is 3.20. The first-order chi connectivity index (χ1) is 8.22. The van der Waals surface area contributed by atoms with Crippen molar-refractivity contribution in [2.45, 2.75) is 6.54 Å². The normalized spacial score (nSPS) is 10.3. The Hall–Kier alpha value is -0.920. The van der Waals surface area contributed by atoms with Gasteiger partial charge in [-0.1, -0.05) is 17.7 Å². The van der Waals surface area contributed by atoms with E-state index >= 15 is 0 Å². The number of halogens is 2. The van der Waals surface area contributed by atoms with E-state index in [9.17, 15) is 0 Å². The molecule has 0 radical (unpaired) electrons. The predicted molar refractivity (Wildman–Crippen MR) is 74.2 cm³/mol. The van der Waals surface area contributed by atoms with Gasteiger partial charge in [-0.05, 0) is 34.7 Å². The van der Waals surface area contributed by atoms with E-state index in [2.05, 4.69) is 32.6 Å². The minimum absolute atomic E-state index is 0.316. The molecule has 0 saturated heterocycles. The van der Waals surface area contributed by atoms with Gasteiger partial charge in [-0.15, -0.1) is 0 Å². The van der Waals surface area contributed by atoms with E-state index in [1.807, 2.05) is 12.1 Å². The van der Waals surface area contributed by atoms with Crippen molar-refractivity contribution in [2.24, 2.45) is 5.73 Å². The van der Waals surface area contributed by atoms with Crippen molar-refractivity contribution >= 4 is 34.2 Å². The van der Waals surface area contributed by atoms with Gasteiger partial charge >= 0.3 is 0 Å². The van der Waals surface area contributed by atoms with Gasteiger partial charge in [0.25, 0.3) is 0 Å². The SMILES string of the molecule is NCc1c(Cl)cccc1Oc1ncncc1I. The monoisotopic (exact) mass is 361 g/mol. The van der Waals surface area contributed by atoms with Crippen molar-refractivity contribution in [2.75, 3.05) is 0 Å². The molecule has 17 heavy (non-hydrogen) atoms. The lowest BCUT2D eigenvalue weighted by Crippen LogP contribution is -2.01. The van der Waals surface area contributed by atoms with E-state index in [0.717, 1.165) is 9.13 Å². The number of rotatable bonds is 3. The molecular weight excluding hydrogens is 352 g/mol. The molecule has 2 aromatic rings. The number of ether oxygens (including phenoxy) is 1. The topological polar surface area (TPSA) is 61.0 Å². The molecule has 1 heterocycles. The Bertz CT molecular complexity index is 536. The summed E-state index contributed by atoms with van der Waals surface area (Å²) in [6, 6.07) is 5.40. The van der Waals surface area contributed by atoms with Crippen molar-refractivity contribution in [3.05, 3.63) is 44.9 Å². The van der Waals surface area contributed by atoms with Crippen molar-refractivity contribution < 1.29 is 4.74 Å². The third kappa shape index (κ3) is 2.85. The molecule has 0 bridgehead atoms. The quantitative estimate of drug-likeness (QED) is 0.854. The maximum Gasteiger partial charge on any atom is 0.235 e. The Kier molecular flexibility index (Phi) is 4.14. The maximum absolute atomic E-state index is 6.04. The van der Waals surface area contributed by atoms with Crippen LogP contribution < -0.4 is 10.5 Å². The highest BCUT2D eigenvalue weighted by atomic mass is 127. The van der Waals surface area contributed by atoms with E-state index in [1.54, 1.807) is 12.3 Å². The lowest BCUT2D eigenvalue weighted by atomic mass is 10.2. The zero-order valence-electron chi connectivity index (χ0n) is 8.73. The molecule has 1 aromatic carbocycles. The van der Waals surface area contributed by atoms with E-state index < -0.39 is 0 Å². The predicted octanol–water partition coefficient (Wildman–Crippen LogP) is 2.99. The average molecular weight is 362 g/mol. The van der Waals surface area contributed by atoms with Gasteiger partial charge < -0.3 is 10.5 Å². The molecule has 0 fully saturated rings. The van der Waals surface area contributed by atoms with Gasteiger partial charge in [0, 0.05) is 23.3 Å². The summed E-state index contributed by atoms with van der Waals surface area (Å²) >= 11 is 8.15. The van der Waals surface area contributed by atoms with Crippen molar-refractivity contribution in [3.8, 4) is 11.6 Å². The molecule has 0 aliphatic carbocycles. The van der Waals surface area contributed by atoms with E-state index in [-0.39, 0.29) is 0 Å². The van der Waals surface area contributed by atoms with Gasteiger partial charge in [-0.2, -0.15) is 0 Å². The summed E-state index contributed by atoms with van der Waals surface area (Å²) < 4.78 is 6.52. The third-order valence-electron chi connectivity index (χ3n) is 2.12. The van der Waals surface area contributed by atoms with Gasteiger partial charge in [0.2, 0.25) is 5.88 Å². The first-order valence-electron chi connectivity index (χ1n) is 4.83. The van der Waals surface area contributed by atoms with Crippen LogP contribution in [0.2, 0.25) is 5.02 Å². The molecule has 0 spiro atoms. The highest BCUT2D eigenvalue weighted by molar-refractivity contribution is 14.1. The number of nitrogens with zero attached hydrogens (tertiary/aromatic N) is 2. The molecule has 0 unspecified atom stereocenters. The number of aromatic nitrogens is 2. The smallest absolute Gasteiger partial charge is 0.235 e. The maximum atomic E-state index is 6.04. The fourth-order valence-electron chi connectivity index (χ4n) is 1.31. The van der Waals surface area contributed by atoms with Crippen LogP contribution in [0.25, 0.3) is 0 Å². The van der Waals surface area contributed by atoms with Crippen molar-refractivity contribution in [1.82, 2.24) is 9.97 Å². The van der Waals surface area contributed by atoms with Crippen molar-refractivity contribution in [3.63, 3.8) is 0 Å². The summed E-state index contributed by atoms with van der Waals surface area (Å²) in [5.41, 5.74) is 6.41. The van der Waals surface area contributed by atoms with E-state index in [1.165, 1.54) is 6.33 Å². The Morgan fingerprint density at radius 2 is 2.24 bits per heavy atom. The molecule has 0 aliphatic rings. The lowest BCUT2D eigenvalue weighted by molar-refractivity contribution is 0.452. The molecule has 88 valence electrons. The van der Waals surface area contributed by atoms with Crippen LogP contribution in [0.15, 0.2) is 30.7 Å². The van der Waals surface area contributed by atoms with Crippen LogP contribution in [-0.2, 0) is 6.54 Å². The molecule has 0 saturated carbocycles. The summed E-state index contributed by atoms with van der Waals surface area (Å²) in [6.45, 7) is 0.316. The molecule has 0 amide bonds. The Morgan fingerprint density at radius 3 is 2.94 bits per heavy atom. The van der Waals surface area contributed by atoms with Crippen LogP contribution in [0, 0.1) is 3.57 Å². The second kappa shape index (κ2) is 5.61. The summed E-state index contributed by atoms with van der Waals surface area (Å²) in [4.78, 5) is 7.95. The molecule has 2 rings (SSSR count). The lowest BCUT2D eigenvalue weighted by Gasteiger charge is -2.10. The molecule has 2 N–H and O–H groups in total. The van der Waals surface area contributed by atoms with Crippen LogP contribution in [-0.4, -0.2) is 9.97 Å². The molecule has 0 atom stereocenters. The van der Waals surface area contributed by atoms with Crippen molar-refractivity contribution in [1.29, 1.82) is 0 Å². The van der Waals surface area contributed by atoms with E-state index in [4.69, 9.17) is 22.1 Å². The number of hydrogen-bond acceptors (Lipinski definition) is 4. The summed E-state index contributed by atoms with van der Waals surface area (Å²) in [5, 5.41) is 0.592. The van der Waals surface area contributed by atoms with Gasteiger partial charge in [0.15, 0.2) is 0 Å². The average Bonchev–Trinajstić information content (AvgIpc) is 2.32. The Morgan fingerprint density at radius 1 is 1.41 bits per heavy atom. The highest BCUT2D eigenvalue weighted by Gasteiger charge is 2.10. The third-order valence-corrected chi connectivity index (χ3v) is 3.21. The van der Waals surface area contributed by atoms with Crippen LogP contribution in [0.1, 0.15) is 5.56 Å². The fourth-order valence-corrected chi connectivity index (χ4v) is 1.97. The number of benzene rings is 1. The first kappa shape index (κ1) is 12.5. The van der Waals surface area contributed by atoms with Crippen LogP contribution in [0.5, 0.6) is 11.6 Å². The minimum atomic E-state index is 0.316. The molecule has 4 nitrogen and oxygen atoms in total. The van der Waals surface area contributed by atoms with Gasteiger partial charge in [0.1, 0.15) is 12.1 Å². The number of hydrogen-bond donors (Lipinski definition) is 1. The molecular formula is C11H9ClIN3O. The zero-order valence-corrected chi connectivity index (χ0v) is 11.6. The number of nitrogens with two attached hydrogens (primary N) is 1. The highest BCUT2D eigenvalue weighted by Crippen LogP contribution is 2.30. The van der Waals surface area contributed by atoms with Gasteiger partial charge in [-0.25, -0.2) is 9.97 Å². The second-order valence-corrected chi connectivity index (χ2v) is 4.77. The fraction of sp³-hybridized carbons (Fsp3) is 0.0909. The zero-order chi connectivity index (χ0) is 12.3. The summed E-state index contributed by atoms with van der Waals surface area (Å²) in [5.74, 6) is 1.12. The summed E-state index contributed by atoms with van der Waals surface area (Å²) in [6.07, 6.45) is 3.11. The summed E-state index contributed by atoms with van der Waals surface area (Å²) in [7, 11) is 0. The molecule has 1 aromatic heterocycles. The van der Waals surface area contributed by atoms with Crippen LogP contribution >= 0.6 is 34.2 Å². The van der Waals surface area contributed by atoms with Gasteiger partial charge in [0.05, 0.1) is 3.57 Å². The first-order valence-corrected chi connectivity index (χ1v) is 6.29. The Labute approximate surface area is 117 Å². The largest absolute Gasteiger partial charge is 0.437 e. The van der Waals surface area contributed by atoms with E-state index in [0.29, 0.717) is 23.2 Å². The minimum Gasteiger partial charge on any atom is -0.437 e. The standard InChI is InChI=1S/C11H9ClIN3O/c12-8-2-1-3-10(7(8)4-14)17-11-9(13)5-15-6-16-11/h1-3,5-6H,4,14H2. The molecule has 6 heteroatoms. The van der Waals surface area contributed by atoms with Gasteiger partial charge in [-0.3, -0.25) is 0 Å². The Balaban J connectivity index is 2.37. The van der Waals surface area contributed by atoms with Crippen LogP contribution in [0.4, 0.5) is 0 Å². The van der Waals surface area contributed by atoms with Crippen LogP contribution in [0.3, 0.4) is 0 Å². The molecule has 0 aliphatic heterocycles.